The van der Waals surface area contributed by atoms with E-state index in [4.69, 9.17) is 4.74 Å². The Bertz CT molecular complexity index is 370. The van der Waals surface area contributed by atoms with Crippen LogP contribution in [0.2, 0.25) is 0 Å². The molecule has 0 aromatic rings. The van der Waals surface area contributed by atoms with Gasteiger partial charge in [0.2, 0.25) is 0 Å². The highest BCUT2D eigenvalue weighted by atomic mass is 127. The third-order valence-corrected chi connectivity index (χ3v) is 5.99. The molecule has 144 valence electrons. The van der Waals surface area contributed by atoms with Crippen molar-refractivity contribution in [2.24, 2.45) is 4.99 Å². The van der Waals surface area contributed by atoms with E-state index in [0.717, 1.165) is 70.0 Å². The Labute approximate surface area is 167 Å². The van der Waals surface area contributed by atoms with Gasteiger partial charge in [-0.2, -0.15) is 0 Å². The minimum atomic E-state index is -0.679. The third-order valence-electron chi connectivity index (χ3n) is 4.25. The molecule has 0 saturated heterocycles. The number of hydrogen-bond acceptors (Lipinski definition) is 3. The number of rotatable bonds is 10. The van der Waals surface area contributed by atoms with Crippen molar-refractivity contribution in [2.45, 2.75) is 70.1 Å². The van der Waals surface area contributed by atoms with Gasteiger partial charge in [0.1, 0.15) is 0 Å². The molecule has 0 aromatic heterocycles. The summed E-state index contributed by atoms with van der Waals surface area (Å²) in [6.07, 6.45) is 7.67. The normalized spacial score (nSPS) is 22.5. The predicted molar refractivity (Wildman–Crippen MR) is 115 cm³/mol. The van der Waals surface area contributed by atoms with Gasteiger partial charge in [-0.05, 0) is 32.1 Å². The summed E-state index contributed by atoms with van der Waals surface area (Å²) in [5, 5.41) is 7.18. The summed E-state index contributed by atoms with van der Waals surface area (Å²) in [5.74, 6) is 1.62. The van der Waals surface area contributed by atoms with E-state index >= 15 is 0 Å². The molecule has 1 aliphatic rings. The number of aliphatic imine (C=N–C) groups is 1. The minimum Gasteiger partial charge on any atom is -0.381 e. The predicted octanol–water partition coefficient (Wildman–Crippen LogP) is 3.06. The second kappa shape index (κ2) is 15.4. The van der Waals surface area contributed by atoms with Crippen LogP contribution in [0, 0.1) is 0 Å². The number of ether oxygens (including phenoxy) is 1. The molecular formula is C17H36IN3O2S. The van der Waals surface area contributed by atoms with Gasteiger partial charge in [0, 0.05) is 54.7 Å². The Balaban J connectivity index is 0.00000529. The molecule has 0 aromatic carbocycles. The van der Waals surface area contributed by atoms with Gasteiger partial charge >= 0.3 is 0 Å². The van der Waals surface area contributed by atoms with E-state index in [1.54, 1.807) is 7.05 Å². The highest BCUT2D eigenvalue weighted by Crippen LogP contribution is 2.22. The Hall–Kier alpha value is 0.110. The molecule has 1 rings (SSSR count). The molecule has 3 atom stereocenters. The van der Waals surface area contributed by atoms with Crippen LogP contribution >= 0.6 is 24.0 Å². The molecule has 0 spiro atoms. The third kappa shape index (κ3) is 10.2. The van der Waals surface area contributed by atoms with Crippen molar-refractivity contribution in [3.63, 3.8) is 0 Å². The van der Waals surface area contributed by atoms with Gasteiger partial charge in [-0.15, -0.1) is 24.0 Å². The van der Waals surface area contributed by atoms with Crippen LogP contribution in [0.1, 0.15) is 58.8 Å². The standard InChI is InChI=1S/C17H35N3O2S.HI/c1-4-6-12-22-13-8-11-19-17(18-3)20-15-9-7-10-16(14-15)23(21)5-2;/h15-16H,4-14H2,1-3H3,(H2,18,19,20);1H. The smallest absolute Gasteiger partial charge is 0.191 e. The van der Waals surface area contributed by atoms with Gasteiger partial charge in [0.15, 0.2) is 5.96 Å². The second-order valence-corrected chi connectivity index (χ2v) is 8.12. The van der Waals surface area contributed by atoms with E-state index in [-0.39, 0.29) is 24.0 Å². The lowest BCUT2D eigenvalue weighted by atomic mass is 9.95. The lowest BCUT2D eigenvalue weighted by Gasteiger charge is -2.30. The zero-order valence-electron chi connectivity index (χ0n) is 15.5. The summed E-state index contributed by atoms with van der Waals surface area (Å²) in [4.78, 5) is 4.30. The van der Waals surface area contributed by atoms with Crippen LogP contribution in [0.3, 0.4) is 0 Å². The van der Waals surface area contributed by atoms with Crippen LogP contribution in [0.25, 0.3) is 0 Å². The van der Waals surface area contributed by atoms with Gasteiger partial charge in [0.25, 0.3) is 0 Å². The van der Waals surface area contributed by atoms with Crippen molar-refractivity contribution >= 4 is 40.7 Å². The summed E-state index contributed by atoms with van der Waals surface area (Å²) in [6, 6.07) is 0.385. The maximum Gasteiger partial charge on any atom is 0.191 e. The van der Waals surface area contributed by atoms with E-state index < -0.39 is 10.8 Å². The van der Waals surface area contributed by atoms with Crippen molar-refractivity contribution in [1.82, 2.24) is 10.6 Å². The van der Waals surface area contributed by atoms with Gasteiger partial charge in [-0.25, -0.2) is 0 Å². The maximum atomic E-state index is 12.0. The highest BCUT2D eigenvalue weighted by molar-refractivity contribution is 14.0. The average molecular weight is 473 g/mol. The molecule has 5 nitrogen and oxygen atoms in total. The molecule has 7 heteroatoms. The first kappa shape index (κ1) is 24.1. The largest absolute Gasteiger partial charge is 0.381 e. The Kier molecular flexibility index (Phi) is 15.4. The Morgan fingerprint density at radius 2 is 2.00 bits per heavy atom. The van der Waals surface area contributed by atoms with E-state index in [1.165, 1.54) is 6.42 Å². The quantitative estimate of drug-likeness (QED) is 0.222. The van der Waals surface area contributed by atoms with Crippen molar-refractivity contribution in [3.8, 4) is 0 Å². The minimum absolute atomic E-state index is 0. The summed E-state index contributed by atoms with van der Waals surface area (Å²) >= 11 is 0. The lowest BCUT2D eigenvalue weighted by Crippen LogP contribution is -2.46. The first-order valence-corrected chi connectivity index (χ1v) is 10.5. The molecular weight excluding hydrogens is 437 g/mol. The van der Waals surface area contributed by atoms with Crippen LogP contribution < -0.4 is 10.6 Å². The van der Waals surface area contributed by atoms with Crippen LogP contribution in [-0.2, 0) is 15.5 Å². The molecule has 2 N–H and O–H groups in total. The van der Waals surface area contributed by atoms with Gasteiger partial charge in [0.05, 0.1) is 0 Å². The Morgan fingerprint density at radius 3 is 2.67 bits per heavy atom. The summed E-state index contributed by atoms with van der Waals surface area (Å²) in [7, 11) is 1.12. The van der Waals surface area contributed by atoms with Crippen LogP contribution in [0.15, 0.2) is 4.99 Å². The molecule has 0 aliphatic heterocycles. The monoisotopic (exact) mass is 473 g/mol. The van der Waals surface area contributed by atoms with E-state index in [0.29, 0.717) is 11.3 Å². The molecule has 1 aliphatic carbocycles. The Morgan fingerprint density at radius 1 is 1.25 bits per heavy atom. The van der Waals surface area contributed by atoms with Crippen molar-refractivity contribution < 1.29 is 8.95 Å². The fraction of sp³-hybridized carbons (Fsp3) is 0.941. The fourth-order valence-corrected chi connectivity index (χ4v) is 4.22. The lowest BCUT2D eigenvalue weighted by molar-refractivity contribution is 0.129. The highest BCUT2D eigenvalue weighted by Gasteiger charge is 2.25. The zero-order chi connectivity index (χ0) is 16.9. The molecule has 1 fully saturated rings. The van der Waals surface area contributed by atoms with Gasteiger partial charge in [-0.3, -0.25) is 9.20 Å². The van der Waals surface area contributed by atoms with Crippen LogP contribution in [-0.4, -0.2) is 54.0 Å². The van der Waals surface area contributed by atoms with Gasteiger partial charge < -0.3 is 15.4 Å². The van der Waals surface area contributed by atoms with E-state index in [9.17, 15) is 4.21 Å². The average Bonchev–Trinajstić information content (AvgIpc) is 2.59. The fourth-order valence-electron chi connectivity index (χ4n) is 2.87. The topological polar surface area (TPSA) is 62.7 Å². The molecule has 3 unspecified atom stereocenters. The molecule has 0 amide bonds. The van der Waals surface area contributed by atoms with Crippen molar-refractivity contribution in [1.29, 1.82) is 0 Å². The number of nitrogens with zero attached hydrogens (tertiary/aromatic N) is 1. The van der Waals surface area contributed by atoms with E-state index in [2.05, 4.69) is 22.5 Å². The molecule has 0 bridgehead atoms. The number of hydrogen-bond donors (Lipinski definition) is 2. The molecule has 1 saturated carbocycles. The summed E-state index contributed by atoms with van der Waals surface area (Å²) < 4.78 is 17.6. The molecule has 0 radical (unpaired) electrons. The van der Waals surface area contributed by atoms with Crippen molar-refractivity contribution in [3.05, 3.63) is 0 Å². The second-order valence-electron chi connectivity index (χ2n) is 6.12. The summed E-state index contributed by atoms with van der Waals surface area (Å²) in [5.41, 5.74) is 0. The molecule has 24 heavy (non-hydrogen) atoms. The van der Waals surface area contributed by atoms with E-state index in [1.807, 2.05) is 6.92 Å². The summed E-state index contributed by atoms with van der Waals surface area (Å²) in [6.45, 7) is 6.71. The van der Waals surface area contributed by atoms with Gasteiger partial charge in [-0.1, -0.05) is 26.7 Å². The first-order valence-electron chi connectivity index (χ1n) is 9.13. The number of unbranched alkanes of at least 4 members (excludes halogenated alkanes) is 1. The maximum absolute atomic E-state index is 12.0. The van der Waals surface area contributed by atoms with Crippen LogP contribution in [0.4, 0.5) is 0 Å². The number of halogens is 1. The molecule has 0 heterocycles. The SMILES string of the molecule is CCCCOCCCNC(=NC)NC1CCCC(S(=O)CC)C1.I. The zero-order valence-corrected chi connectivity index (χ0v) is 18.7. The number of nitrogens with one attached hydrogen (secondary N) is 2. The van der Waals surface area contributed by atoms with Crippen LogP contribution in [0.5, 0.6) is 0 Å². The first-order chi connectivity index (χ1) is 11.2. The van der Waals surface area contributed by atoms with Crippen molar-refractivity contribution in [2.75, 3.05) is 32.6 Å². The number of guanidine groups is 1.